The standard InChI is InChI=1S/C16H16N2O4/c19-15(20)11-18(10-14-7-4-8-17-9-14)16(21)22-12-13-5-2-1-3-6-13/h1-9H,10-12H2,(H,19,20). The fraction of sp³-hybridized carbons (Fsp3) is 0.188. The van der Waals surface area contributed by atoms with Crippen molar-refractivity contribution in [1.82, 2.24) is 9.88 Å². The lowest BCUT2D eigenvalue weighted by molar-refractivity contribution is -0.138. The fourth-order valence-electron chi connectivity index (χ4n) is 1.87. The van der Waals surface area contributed by atoms with Crippen LogP contribution in [0.3, 0.4) is 0 Å². The predicted molar refractivity (Wildman–Crippen MR) is 78.9 cm³/mol. The average molecular weight is 300 g/mol. The predicted octanol–water partition coefficient (Wildman–Crippen LogP) is 2.31. The highest BCUT2D eigenvalue weighted by atomic mass is 16.6. The molecule has 0 saturated heterocycles. The van der Waals surface area contributed by atoms with Crippen LogP contribution in [0, 0.1) is 0 Å². The van der Waals surface area contributed by atoms with Crippen LogP contribution in [-0.2, 0) is 22.7 Å². The number of hydrogen-bond acceptors (Lipinski definition) is 4. The first-order valence-electron chi connectivity index (χ1n) is 6.71. The second kappa shape index (κ2) is 7.78. The third-order valence-corrected chi connectivity index (χ3v) is 2.89. The minimum Gasteiger partial charge on any atom is -0.480 e. The molecule has 2 rings (SSSR count). The van der Waals surface area contributed by atoms with Crippen LogP contribution >= 0.6 is 0 Å². The van der Waals surface area contributed by atoms with E-state index in [4.69, 9.17) is 9.84 Å². The van der Waals surface area contributed by atoms with Gasteiger partial charge in [0.2, 0.25) is 0 Å². The van der Waals surface area contributed by atoms with Crippen molar-refractivity contribution in [1.29, 1.82) is 0 Å². The molecule has 1 amide bonds. The molecule has 0 atom stereocenters. The number of ether oxygens (including phenoxy) is 1. The SMILES string of the molecule is O=C(O)CN(Cc1cccnc1)C(=O)OCc1ccccc1. The van der Waals surface area contributed by atoms with Gasteiger partial charge in [-0.15, -0.1) is 0 Å². The van der Waals surface area contributed by atoms with Gasteiger partial charge in [-0.1, -0.05) is 36.4 Å². The number of aromatic nitrogens is 1. The zero-order valence-corrected chi connectivity index (χ0v) is 11.9. The number of hydrogen-bond donors (Lipinski definition) is 1. The van der Waals surface area contributed by atoms with E-state index in [0.717, 1.165) is 16.0 Å². The van der Waals surface area contributed by atoms with E-state index in [1.807, 2.05) is 30.3 Å². The van der Waals surface area contributed by atoms with Gasteiger partial charge in [-0.2, -0.15) is 0 Å². The van der Waals surface area contributed by atoms with Gasteiger partial charge in [0.05, 0.1) is 6.54 Å². The van der Waals surface area contributed by atoms with E-state index in [-0.39, 0.29) is 13.2 Å². The van der Waals surface area contributed by atoms with Crippen LogP contribution in [-0.4, -0.2) is 33.6 Å². The van der Waals surface area contributed by atoms with Crippen molar-refractivity contribution in [3.63, 3.8) is 0 Å². The van der Waals surface area contributed by atoms with Crippen molar-refractivity contribution >= 4 is 12.1 Å². The normalized spacial score (nSPS) is 10.0. The lowest BCUT2D eigenvalue weighted by Crippen LogP contribution is -2.35. The van der Waals surface area contributed by atoms with Gasteiger partial charge in [-0.3, -0.25) is 14.7 Å². The van der Waals surface area contributed by atoms with Crippen molar-refractivity contribution in [2.75, 3.05) is 6.54 Å². The number of nitrogens with zero attached hydrogens (tertiary/aromatic N) is 2. The van der Waals surface area contributed by atoms with Gasteiger partial charge in [0.15, 0.2) is 0 Å². The van der Waals surface area contributed by atoms with Gasteiger partial charge < -0.3 is 9.84 Å². The van der Waals surface area contributed by atoms with Gasteiger partial charge in [0.25, 0.3) is 0 Å². The summed E-state index contributed by atoms with van der Waals surface area (Å²) in [6.07, 6.45) is 2.52. The van der Waals surface area contributed by atoms with Gasteiger partial charge in [-0.25, -0.2) is 4.79 Å². The Morgan fingerprint density at radius 2 is 1.82 bits per heavy atom. The van der Waals surface area contributed by atoms with Crippen molar-refractivity contribution in [3.05, 3.63) is 66.0 Å². The van der Waals surface area contributed by atoms with Gasteiger partial charge >= 0.3 is 12.1 Å². The monoisotopic (exact) mass is 300 g/mol. The first-order chi connectivity index (χ1) is 10.6. The highest BCUT2D eigenvalue weighted by Crippen LogP contribution is 2.07. The Bertz CT molecular complexity index is 617. The highest BCUT2D eigenvalue weighted by molar-refractivity contribution is 5.76. The third-order valence-electron chi connectivity index (χ3n) is 2.89. The second-order valence-electron chi connectivity index (χ2n) is 4.65. The molecule has 0 saturated carbocycles. The molecule has 1 aromatic heterocycles. The van der Waals surface area contributed by atoms with Gasteiger partial charge in [0.1, 0.15) is 13.2 Å². The number of carboxylic acids is 1. The van der Waals surface area contributed by atoms with Crippen LogP contribution in [0.5, 0.6) is 0 Å². The molecular weight excluding hydrogens is 284 g/mol. The fourth-order valence-corrected chi connectivity index (χ4v) is 1.87. The van der Waals surface area contributed by atoms with E-state index in [1.54, 1.807) is 24.5 Å². The van der Waals surface area contributed by atoms with Crippen LogP contribution in [0.25, 0.3) is 0 Å². The molecule has 0 aliphatic carbocycles. The van der Waals surface area contributed by atoms with E-state index in [1.165, 1.54) is 0 Å². The van der Waals surface area contributed by atoms with E-state index < -0.39 is 18.6 Å². The van der Waals surface area contributed by atoms with Crippen LogP contribution in [0.1, 0.15) is 11.1 Å². The minimum absolute atomic E-state index is 0.100. The summed E-state index contributed by atoms with van der Waals surface area (Å²) in [6, 6.07) is 12.7. The van der Waals surface area contributed by atoms with E-state index in [9.17, 15) is 9.59 Å². The van der Waals surface area contributed by atoms with Crippen LogP contribution in [0.4, 0.5) is 4.79 Å². The summed E-state index contributed by atoms with van der Waals surface area (Å²) >= 11 is 0. The van der Waals surface area contributed by atoms with E-state index in [2.05, 4.69) is 4.98 Å². The molecule has 1 heterocycles. The Labute approximate surface area is 128 Å². The Morgan fingerprint density at radius 1 is 1.09 bits per heavy atom. The highest BCUT2D eigenvalue weighted by Gasteiger charge is 2.18. The first kappa shape index (κ1) is 15.5. The van der Waals surface area contributed by atoms with Crippen molar-refractivity contribution in [2.45, 2.75) is 13.2 Å². The Morgan fingerprint density at radius 3 is 2.45 bits per heavy atom. The summed E-state index contributed by atoms with van der Waals surface area (Å²) in [7, 11) is 0. The number of rotatable bonds is 6. The maximum absolute atomic E-state index is 12.1. The second-order valence-corrected chi connectivity index (χ2v) is 4.65. The zero-order chi connectivity index (χ0) is 15.8. The van der Waals surface area contributed by atoms with Crippen molar-refractivity contribution in [2.24, 2.45) is 0 Å². The molecule has 1 N–H and O–H groups in total. The Kier molecular flexibility index (Phi) is 5.48. The molecule has 0 aliphatic heterocycles. The Hall–Kier alpha value is -2.89. The minimum atomic E-state index is -1.10. The average Bonchev–Trinajstić information content (AvgIpc) is 2.53. The smallest absolute Gasteiger partial charge is 0.410 e. The van der Waals surface area contributed by atoms with E-state index in [0.29, 0.717) is 0 Å². The maximum atomic E-state index is 12.1. The topological polar surface area (TPSA) is 79.7 Å². The maximum Gasteiger partial charge on any atom is 0.410 e. The van der Waals surface area contributed by atoms with Crippen LogP contribution in [0.2, 0.25) is 0 Å². The molecule has 2 aromatic rings. The Balaban J connectivity index is 1.98. The summed E-state index contributed by atoms with van der Waals surface area (Å²) < 4.78 is 5.17. The number of pyridine rings is 1. The molecule has 114 valence electrons. The number of carbonyl (C=O) groups is 2. The van der Waals surface area contributed by atoms with Gasteiger partial charge in [-0.05, 0) is 17.2 Å². The quantitative estimate of drug-likeness (QED) is 0.885. The van der Waals surface area contributed by atoms with E-state index >= 15 is 0 Å². The lowest BCUT2D eigenvalue weighted by Gasteiger charge is -2.20. The first-order valence-corrected chi connectivity index (χ1v) is 6.71. The lowest BCUT2D eigenvalue weighted by atomic mass is 10.2. The molecule has 0 spiro atoms. The summed E-state index contributed by atoms with van der Waals surface area (Å²) in [5, 5.41) is 8.93. The number of carbonyl (C=O) groups excluding carboxylic acids is 1. The largest absolute Gasteiger partial charge is 0.480 e. The summed E-state index contributed by atoms with van der Waals surface area (Å²) in [6.45, 7) is -0.195. The summed E-state index contributed by atoms with van der Waals surface area (Å²) in [4.78, 5) is 28.1. The molecule has 0 bridgehead atoms. The van der Waals surface area contributed by atoms with Crippen LogP contribution < -0.4 is 0 Å². The third kappa shape index (κ3) is 4.90. The van der Waals surface area contributed by atoms with Gasteiger partial charge in [0, 0.05) is 12.4 Å². The molecule has 22 heavy (non-hydrogen) atoms. The molecule has 0 unspecified atom stereocenters. The number of aliphatic carboxylic acids is 1. The zero-order valence-electron chi connectivity index (χ0n) is 11.9. The summed E-state index contributed by atoms with van der Waals surface area (Å²) in [5.41, 5.74) is 1.58. The molecule has 0 radical (unpaired) electrons. The molecule has 0 fully saturated rings. The van der Waals surface area contributed by atoms with Crippen molar-refractivity contribution in [3.8, 4) is 0 Å². The molecule has 1 aromatic carbocycles. The molecule has 0 aliphatic rings. The molecule has 6 heteroatoms. The molecule has 6 nitrogen and oxygen atoms in total. The number of amides is 1. The van der Waals surface area contributed by atoms with Crippen LogP contribution in [0.15, 0.2) is 54.9 Å². The summed E-state index contributed by atoms with van der Waals surface area (Å²) in [5.74, 6) is -1.10. The number of carboxylic acid groups (broad SMARTS) is 1. The van der Waals surface area contributed by atoms with Crippen molar-refractivity contribution < 1.29 is 19.4 Å². The number of benzene rings is 1. The molecular formula is C16H16N2O4.